The van der Waals surface area contributed by atoms with Crippen molar-refractivity contribution in [2.24, 2.45) is 0 Å². The fourth-order valence-corrected chi connectivity index (χ4v) is 4.54. The Balaban J connectivity index is 0.000000162. The van der Waals surface area contributed by atoms with E-state index in [0.29, 0.717) is 0 Å². The molecule has 7 aromatic rings. The zero-order valence-electron chi connectivity index (χ0n) is 23.7. The number of rotatable bonds is 0. The van der Waals surface area contributed by atoms with Gasteiger partial charge in [-0.05, 0) is 5.39 Å². The van der Waals surface area contributed by atoms with Gasteiger partial charge in [-0.3, -0.25) is 0 Å². The van der Waals surface area contributed by atoms with Crippen LogP contribution in [-0.4, -0.2) is 6.88 Å². The van der Waals surface area contributed by atoms with Gasteiger partial charge in [-0.15, -0.1) is 39.7 Å². The summed E-state index contributed by atoms with van der Waals surface area (Å²) in [6.07, 6.45) is 0. The summed E-state index contributed by atoms with van der Waals surface area (Å²) in [6.45, 7) is 11.7. The Bertz CT molecular complexity index is 1600. The van der Waals surface area contributed by atoms with E-state index in [9.17, 15) is 0 Å². The summed E-state index contributed by atoms with van der Waals surface area (Å²) in [7, 11) is 0. The first-order chi connectivity index (χ1) is 19.6. The molecule has 40 heavy (non-hydrogen) atoms. The minimum atomic E-state index is 1.32. The number of benzene rings is 5. The van der Waals surface area contributed by atoms with Crippen LogP contribution in [0.2, 0.25) is 0 Å². The Hall–Kier alpha value is -3.32. The molecule has 7 aromatic carbocycles. The summed E-state index contributed by atoms with van der Waals surface area (Å²) in [5.41, 5.74) is 5.75. The van der Waals surface area contributed by atoms with Crippen LogP contribution >= 0.6 is 0 Å². The van der Waals surface area contributed by atoms with Gasteiger partial charge in [-0.1, -0.05) is 81.6 Å². The molecule has 0 aliphatic heterocycles. The third-order valence-corrected chi connectivity index (χ3v) is 6.90. The minimum absolute atomic E-state index is 1.32. The smallest absolute Gasteiger partial charge is 0.0333 e. The van der Waals surface area contributed by atoms with Gasteiger partial charge in [-0.2, -0.15) is 101 Å². The van der Waals surface area contributed by atoms with Crippen molar-refractivity contribution in [3.8, 4) is 0 Å². The molecule has 0 saturated carbocycles. The largest absolute Gasteiger partial charge is 0.184 e. The summed E-state index contributed by atoms with van der Waals surface area (Å²) >= 11 is 1.36. The summed E-state index contributed by atoms with van der Waals surface area (Å²) < 4.78 is 0. The van der Waals surface area contributed by atoms with Crippen molar-refractivity contribution in [2.45, 2.75) is 27.7 Å². The topological polar surface area (TPSA) is 0 Å². The van der Waals surface area contributed by atoms with Gasteiger partial charge in [0.2, 0.25) is 0 Å². The molecule has 0 saturated heterocycles. The van der Waals surface area contributed by atoms with Crippen LogP contribution in [-0.2, 0) is 23.3 Å². The Labute approximate surface area is 256 Å². The van der Waals surface area contributed by atoms with Crippen molar-refractivity contribution < 1.29 is 23.3 Å². The molecule has 2 radical (unpaired) electrons. The van der Waals surface area contributed by atoms with Crippen molar-refractivity contribution in [3.63, 3.8) is 0 Å². The van der Waals surface area contributed by atoms with Crippen LogP contribution in [0.1, 0.15) is 22.3 Å². The second kappa shape index (κ2) is 16.7. The van der Waals surface area contributed by atoms with Crippen LogP contribution in [0.25, 0.3) is 32.3 Å². The molecule has 0 nitrogen and oxygen atoms in total. The van der Waals surface area contributed by atoms with E-state index in [2.05, 4.69) is 120 Å². The molecular weight excluding hydrogens is 576 g/mol. The fraction of sp³-hybridized carbons (Fsp3) is 0.105. The van der Waals surface area contributed by atoms with E-state index < -0.39 is 0 Å². The van der Waals surface area contributed by atoms with Crippen LogP contribution < -0.4 is 0 Å². The zero-order valence-corrected chi connectivity index (χ0v) is 27.2. The van der Waals surface area contributed by atoms with Crippen molar-refractivity contribution in [2.75, 3.05) is 0 Å². The minimum Gasteiger partial charge on any atom is -0.184 e. The summed E-state index contributed by atoms with van der Waals surface area (Å²) in [5, 5.41) is 8.09. The molecule has 198 valence electrons. The Morgan fingerprint density at radius 1 is 0.500 bits per heavy atom. The van der Waals surface area contributed by atoms with Gasteiger partial charge in [0.1, 0.15) is 0 Å². The first-order valence-electron chi connectivity index (χ1n) is 13.3. The third-order valence-electron chi connectivity index (χ3n) is 6.90. The zero-order chi connectivity index (χ0) is 28.7. The monoisotopic (exact) mass is 608 g/mol. The maximum Gasteiger partial charge on any atom is -0.0333 e. The van der Waals surface area contributed by atoms with E-state index in [1.165, 1.54) is 77.9 Å². The van der Waals surface area contributed by atoms with Crippen molar-refractivity contribution >= 4 is 39.2 Å². The van der Waals surface area contributed by atoms with Gasteiger partial charge >= 0.3 is 30.2 Å². The number of aryl methyl sites for hydroxylation is 2. The van der Waals surface area contributed by atoms with Crippen molar-refractivity contribution in [3.05, 3.63) is 168 Å². The Morgan fingerprint density at radius 3 is 1.45 bits per heavy atom. The van der Waals surface area contributed by atoms with Crippen molar-refractivity contribution in [1.82, 2.24) is 0 Å². The van der Waals surface area contributed by atoms with Crippen LogP contribution in [0.4, 0.5) is 0 Å². The molecular formula is C38H34SiZr-4. The first kappa shape index (κ1) is 31.2. The predicted octanol–water partition coefficient (Wildman–Crippen LogP) is 10.1. The molecule has 0 aliphatic carbocycles. The summed E-state index contributed by atoms with van der Waals surface area (Å²) in [4.78, 5) is 0. The summed E-state index contributed by atoms with van der Waals surface area (Å²) in [6, 6.07) is 51.2. The molecule has 0 fully saturated rings. The Kier molecular flexibility index (Phi) is 13.0. The predicted molar refractivity (Wildman–Crippen MR) is 172 cm³/mol. The van der Waals surface area contributed by atoms with Gasteiger partial charge in [0, 0.05) is 0 Å². The first-order valence-corrected chi connectivity index (χ1v) is 17.5. The van der Waals surface area contributed by atoms with Gasteiger partial charge in [-0.25, -0.2) is 0 Å². The van der Waals surface area contributed by atoms with E-state index in [0.717, 1.165) is 0 Å². The van der Waals surface area contributed by atoms with Crippen LogP contribution in [0.15, 0.2) is 133 Å². The Morgan fingerprint density at radius 2 is 1.00 bits per heavy atom. The van der Waals surface area contributed by atoms with E-state index in [4.69, 9.17) is 0 Å². The molecule has 0 amide bonds. The van der Waals surface area contributed by atoms with E-state index >= 15 is 0 Å². The number of fused-ring (bicyclic) bond motifs is 5. The molecule has 0 N–H and O–H groups in total. The van der Waals surface area contributed by atoms with Crippen molar-refractivity contribution in [1.29, 1.82) is 0 Å². The van der Waals surface area contributed by atoms with Gasteiger partial charge < -0.3 is 0 Å². The number of hydrogen-bond acceptors (Lipinski definition) is 0. The molecule has 2 heteroatoms. The molecule has 0 heterocycles. The molecule has 0 aliphatic rings. The van der Waals surface area contributed by atoms with Gasteiger partial charge in [0.05, 0.1) is 0 Å². The average Bonchev–Trinajstić information content (AvgIpc) is 3.53. The van der Waals surface area contributed by atoms with E-state index in [1.54, 1.807) is 0 Å². The average molecular weight is 610 g/mol. The maximum absolute atomic E-state index is 3.06. The molecule has 0 aromatic heterocycles. The molecule has 0 spiro atoms. The standard InChI is InChI=1S/C17H11.C9H13.2C6H5.Si.Zr/c1-3-7-15-12(5-1)9-10-14-11-13-6-2-4-8-16(13)17(14)15;1-6-5-7(2)9(4)8(6)3;2*1-2-4-6-5-3-1;;/h1-11H;5H,1-4H3;2*1-5H;;/q4*-1;;. The quantitative estimate of drug-likeness (QED) is 0.119. The third kappa shape index (κ3) is 8.59. The van der Waals surface area contributed by atoms with E-state index in [1.807, 2.05) is 60.7 Å². The molecule has 7 rings (SSSR count). The molecule has 0 atom stereocenters. The van der Waals surface area contributed by atoms with Gasteiger partial charge in [0.25, 0.3) is 0 Å². The van der Waals surface area contributed by atoms with Crippen LogP contribution in [0.3, 0.4) is 0 Å². The normalized spacial score (nSPS) is 9.68. The molecule has 0 bridgehead atoms. The van der Waals surface area contributed by atoms with E-state index in [-0.39, 0.29) is 0 Å². The van der Waals surface area contributed by atoms with Crippen LogP contribution in [0, 0.1) is 39.8 Å². The second-order valence-electron chi connectivity index (χ2n) is 9.40. The summed E-state index contributed by atoms with van der Waals surface area (Å²) in [5.74, 6) is 0. The maximum atomic E-state index is 3.06. The molecule has 0 unspecified atom stereocenters. The SMILES string of the molecule is Cc1[cH-]c(C)c(C)c1C.[Si]=[Zr].[c-]1ccccc1.[c-]1ccccc1.c1ccc2c(c1)ccc1[cH-]c3ccccc3c12. The number of hydrogen-bond donors (Lipinski definition) is 0. The second-order valence-corrected chi connectivity index (χ2v) is 9.40. The van der Waals surface area contributed by atoms with Crippen LogP contribution in [0.5, 0.6) is 0 Å². The fourth-order valence-electron chi connectivity index (χ4n) is 4.54. The van der Waals surface area contributed by atoms with Gasteiger partial charge in [0.15, 0.2) is 0 Å².